The van der Waals surface area contributed by atoms with E-state index >= 15 is 0 Å². The fraction of sp³-hybridized carbons (Fsp3) is 0.667. The second-order valence-corrected chi connectivity index (χ2v) is 4.35. The standard InChI is InChI=1S/C12H18O/c1-5-12(13)8-10(4)6-7-11(12)9(2)3/h1,10-11,13H,2,6-8H2,3-4H3/t10-,11+,12+/m1/s1. The zero-order chi connectivity index (χ0) is 10.1. The summed E-state index contributed by atoms with van der Waals surface area (Å²) in [6.45, 7) is 7.97. The van der Waals surface area contributed by atoms with E-state index in [1.165, 1.54) is 0 Å². The number of rotatable bonds is 1. The van der Waals surface area contributed by atoms with Crippen LogP contribution in [0.3, 0.4) is 0 Å². The molecule has 0 aliphatic heterocycles. The maximum absolute atomic E-state index is 10.2. The quantitative estimate of drug-likeness (QED) is 0.483. The van der Waals surface area contributed by atoms with Gasteiger partial charge in [0.15, 0.2) is 0 Å². The summed E-state index contributed by atoms with van der Waals surface area (Å²) in [6.07, 6.45) is 8.21. The number of hydrogen-bond acceptors (Lipinski definition) is 1. The summed E-state index contributed by atoms with van der Waals surface area (Å²) in [5.41, 5.74) is 0.0658. The molecule has 3 atom stereocenters. The molecule has 0 aromatic rings. The molecule has 0 aromatic heterocycles. The summed E-state index contributed by atoms with van der Waals surface area (Å²) >= 11 is 0. The highest BCUT2D eigenvalue weighted by Gasteiger charge is 2.40. The Hall–Kier alpha value is -0.740. The van der Waals surface area contributed by atoms with Crippen molar-refractivity contribution in [3.8, 4) is 12.3 Å². The largest absolute Gasteiger partial charge is 0.377 e. The molecule has 72 valence electrons. The van der Waals surface area contributed by atoms with Gasteiger partial charge in [0.1, 0.15) is 5.60 Å². The zero-order valence-corrected chi connectivity index (χ0v) is 8.51. The summed E-state index contributed by atoms with van der Waals surface area (Å²) < 4.78 is 0. The van der Waals surface area contributed by atoms with Crippen LogP contribution in [0.25, 0.3) is 0 Å². The van der Waals surface area contributed by atoms with E-state index in [-0.39, 0.29) is 5.92 Å². The van der Waals surface area contributed by atoms with Gasteiger partial charge in [0.2, 0.25) is 0 Å². The zero-order valence-electron chi connectivity index (χ0n) is 8.51. The van der Waals surface area contributed by atoms with Crippen LogP contribution in [0, 0.1) is 24.2 Å². The van der Waals surface area contributed by atoms with Crippen LogP contribution in [0.15, 0.2) is 12.2 Å². The van der Waals surface area contributed by atoms with Crippen molar-refractivity contribution in [2.75, 3.05) is 0 Å². The van der Waals surface area contributed by atoms with E-state index in [4.69, 9.17) is 6.42 Å². The monoisotopic (exact) mass is 178 g/mol. The van der Waals surface area contributed by atoms with Crippen molar-refractivity contribution in [1.82, 2.24) is 0 Å². The van der Waals surface area contributed by atoms with Crippen LogP contribution >= 0.6 is 0 Å². The van der Waals surface area contributed by atoms with E-state index in [9.17, 15) is 5.11 Å². The van der Waals surface area contributed by atoms with Crippen LogP contribution in [-0.4, -0.2) is 10.7 Å². The SMILES string of the molecule is C#C[C@]1(O)C[C@H](C)CC[C@H]1C(=C)C. The lowest BCUT2D eigenvalue weighted by Crippen LogP contribution is -2.42. The van der Waals surface area contributed by atoms with Crippen molar-refractivity contribution >= 4 is 0 Å². The molecule has 0 unspecified atom stereocenters. The number of terminal acetylenes is 1. The molecule has 0 bridgehead atoms. The van der Waals surface area contributed by atoms with Crippen molar-refractivity contribution in [2.45, 2.75) is 38.7 Å². The lowest BCUT2D eigenvalue weighted by molar-refractivity contribution is 0.00207. The van der Waals surface area contributed by atoms with E-state index in [0.29, 0.717) is 12.3 Å². The maximum Gasteiger partial charge on any atom is 0.131 e. The molecule has 0 heterocycles. The summed E-state index contributed by atoms with van der Waals surface area (Å²) in [7, 11) is 0. The van der Waals surface area contributed by atoms with Gasteiger partial charge in [0.05, 0.1) is 0 Å². The van der Waals surface area contributed by atoms with Gasteiger partial charge in [0, 0.05) is 5.92 Å². The third-order valence-corrected chi connectivity index (χ3v) is 3.03. The normalized spacial score (nSPS) is 39.5. The molecule has 1 aliphatic carbocycles. The van der Waals surface area contributed by atoms with Crippen LogP contribution < -0.4 is 0 Å². The van der Waals surface area contributed by atoms with E-state index in [0.717, 1.165) is 18.4 Å². The molecule has 1 N–H and O–H groups in total. The van der Waals surface area contributed by atoms with E-state index in [1.54, 1.807) is 0 Å². The molecule has 1 saturated carbocycles. The maximum atomic E-state index is 10.2. The third kappa shape index (κ3) is 1.95. The Kier molecular flexibility index (Phi) is 2.83. The van der Waals surface area contributed by atoms with Crippen LogP contribution in [0.5, 0.6) is 0 Å². The fourth-order valence-corrected chi connectivity index (χ4v) is 2.28. The third-order valence-electron chi connectivity index (χ3n) is 3.03. The molecule has 1 nitrogen and oxygen atoms in total. The molecule has 0 aromatic carbocycles. The predicted octanol–water partition coefficient (Wildman–Crippen LogP) is 2.36. The molecule has 1 fully saturated rings. The molecule has 0 spiro atoms. The first-order valence-corrected chi connectivity index (χ1v) is 4.85. The molecule has 0 amide bonds. The fourth-order valence-electron chi connectivity index (χ4n) is 2.28. The molecule has 0 radical (unpaired) electrons. The van der Waals surface area contributed by atoms with E-state index < -0.39 is 5.60 Å². The van der Waals surface area contributed by atoms with Crippen LogP contribution in [0.2, 0.25) is 0 Å². The molecular weight excluding hydrogens is 160 g/mol. The smallest absolute Gasteiger partial charge is 0.131 e. The van der Waals surface area contributed by atoms with Gasteiger partial charge in [-0.15, -0.1) is 6.42 Å². The Labute approximate surface area is 80.9 Å². The second kappa shape index (κ2) is 3.55. The topological polar surface area (TPSA) is 20.2 Å². The first-order chi connectivity index (χ1) is 5.99. The van der Waals surface area contributed by atoms with Crippen LogP contribution in [-0.2, 0) is 0 Å². The summed E-state index contributed by atoms with van der Waals surface area (Å²) in [4.78, 5) is 0. The summed E-state index contributed by atoms with van der Waals surface area (Å²) in [5, 5.41) is 10.2. The van der Waals surface area contributed by atoms with Gasteiger partial charge in [-0.1, -0.05) is 25.0 Å². The molecule has 1 heteroatoms. The highest BCUT2D eigenvalue weighted by molar-refractivity contribution is 5.20. The van der Waals surface area contributed by atoms with Crippen LogP contribution in [0.1, 0.15) is 33.1 Å². The average Bonchev–Trinajstić information content (AvgIpc) is 2.03. The Balaban J connectivity index is 2.86. The highest BCUT2D eigenvalue weighted by Crippen LogP contribution is 2.39. The Morgan fingerprint density at radius 3 is 2.69 bits per heavy atom. The average molecular weight is 178 g/mol. The van der Waals surface area contributed by atoms with Gasteiger partial charge < -0.3 is 5.11 Å². The molecule has 1 aliphatic rings. The van der Waals surface area contributed by atoms with Gasteiger partial charge in [-0.05, 0) is 32.1 Å². The van der Waals surface area contributed by atoms with Crippen molar-refractivity contribution in [3.05, 3.63) is 12.2 Å². The van der Waals surface area contributed by atoms with Gasteiger partial charge in [-0.25, -0.2) is 0 Å². The summed E-state index contributed by atoms with van der Waals surface area (Å²) in [6, 6.07) is 0. The molecular formula is C12H18O. The lowest BCUT2D eigenvalue weighted by Gasteiger charge is -2.39. The van der Waals surface area contributed by atoms with Gasteiger partial charge in [-0.2, -0.15) is 0 Å². The minimum absolute atomic E-state index is 0.0914. The van der Waals surface area contributed by atoms with Crippen molar-refractivity contribution in [2.24, 2.45) is 11.8 Å². The van der Waals surface area contributed by atoms with Crippen molar-refractivity contribution in [1.29, 1.82) is 0 Å². The first-order valence-electron chi connectivity index (χ1n) is 4.85. The molecule has 0 saturated heterocycles. The van der Waals surface area contributed by atoms with Gasteiger partial charge in [-0.3, -0.25) is 0 Å². The lowest BCUT2D eigenvalue weighted by atomic mass is 9.69. The van der Waals surface area contributed by atoms with Crippen LogP contribution in [0.4, 0.5) is 0 Å². The second-order valence-electron chi connectivity index (χ2n) is 4.35. The molecule has 13 heavy (non-hydrogen) atoms. The van der Waals surface area contributed by atoms with Crippen molar-refractivity contribution in [3.63, 3.8) is 0 Å². The number of aliphatic hydroxyl groups is 1. The first kappa shape index (κ1) is 10.3. The Morgan fingerprint density at radius 2 is 2.23 bits per heavy atom. The predicted molar refractivity (Wildman–Crippen MR) is 55.1 cm³/mol. The van der Waals surface area contributed by atoms with Gasteiger partial charge in [0.25, 0.3) is 0 Å². The number of hydrogen-bond donors (Lipinski definition) is 1. The van der Waals surface area contributed by atoms with E-state index in [1.807, 2.05) is 6.92 Å². The molecule has 1 rings (SSSR count). The summed E-state index contributed by atoms with van der Waals surface area (Å²) in [5.74, 6) is 3.15. The Bertz CT molecular complexity index is 248. The Morgan fingerprint density at radius 1 is 1.62 bits per heavy atom. The van der Waals surface area contributed by atoms with Gasteiger partial charge >= 0.3 is 0 Å². The van der Waals surface area contributed by atoms with E-state index in [2.05, 4.69) is 19.4 Å². The van der Waals surface area contributed by atoms with Crippen molar-refractivity contribution < 1.29 is 5.11 Å². The highest BCUT2D eigenvalue weighted by atomic mass is 16.3. The minimum Gasteiger partial charge on any atom is -0.377 e. The minimum atomic E-state index is -0.941.